The molecule has 1 fully saturated rings. The van der Waals surface area contributed by atoms with Gasteiger partial charge in [0.1, 0.15) is 17.7 Å². The molecule has 28 heavy (non-hydrogen) atoms. The predicted octanol–water partition coefficient (Wildman–Crippen LogP) is 3.63. The number of ketones is 1. The van der Waals surface area contributed by atoms with Gasteiger partial charge in [0, 0.05) is 17.0 Å². The van der Waals surface area contributed by atoms with Gasteiger partial charge in [-0.05, 0) is 42.8 Å². The maximum absolute atomic E-state index is 13.3. The molecule has 4 rings (SSSR count). The lowest BCUT2D eigenvalue weighted by Gasteiger charge is -2.23. The van der Waals surface area contributed by atoms with Gasteiger partial charge in [-0.2, -0.15) is 5.10 Å². The molecule has 8 heteroatoms. The van der Waals surface area contributed by atoms with Gasteiger partial charge in [-0.1, -0.05) is 35.3 Å². The maximum atomic E-state index is 13.3. The van der Waals surface area contributed by atoms with E-state index in [2.05, 4.69) is 5.10 Å². The van der Waals surface area contributed by atoms with Crippen LogP contribution in [-0.4, -0.2) is 29.4 Å². The molecular weight excluding hydrogens is 401 g/mol. The van der Waals surface area contributed by atoms with Crippen molar-refractivity contribution in [3.63, 3.8) is 0 Å². The molecule has 0 unspecified atom stereocenters. The van der Waals surface area contributed by atoms with E-state index in [0.717, 1.165) is 4.90 Å². The molecule has 0 spiro atoms. The Morgan fingerprint density at radius 1 is 1.07 bits per heavy atom. The van der Waals surface area contributed by atoms with Crippen molar-refractivity contribution in [3.05, 3.63) is 58.1 Å². The van der Waals surface area contributed by atoms with Crippen LogP contribution in [0.2, 0.25) is 10.0 Å². The molecule has 0 aliphatic carbocycles. The van der Waals surface area contributed by atoms with Gasteiger partial charge in [0.15, 0.2) is 5.78 Å². The molecule has 2 amide bonds. The minimum Gasteiger partial charge on any atom is -0.293 e. The number of halogens is 2. The van der Waals surface area contributed by atoms with Crippen LogP contribution in [-0.2, 0) is 14.4 Å². The Morgan fingerprint density at radius 3 is 2.46 bits per heavy atom. The minimum atomic E-state index is -0.970. The molecule has 2 aliphatic rings. The van der Waals surface area contributed by atoms with E-state index < -0.39 is 23.8 Å². The van der Waals surface area contributed by atoms with E-state index in [0.29, 0.717) is 27.0 Å². The number of hydrogen-bond donors (Lipinski definition) is 0. The molecule has 2 atom stereocenters. The number of nitrogens with zero attached hydrogens (tertiary/aromatic N) is 3. The largest absolute Gasteiger partial charge is 0.293 e. The molecule has 2 heterocycles. The van der Waals surface area contributed by atoms with E-state index >= 15 is 0 Å². The van der Waals surface area contributed by atoms with E-state index in [1.54, 1.807) is 49.4 Å². The van der Waals surface area contributed by atoms with Crippen molar-refractivity contribution in [2.75, 3.05) is 9.91 Å². The van der Waals surface area contributed by atoms with Crippen LogP contribution >= 0.6 is 23.2 Å². The fourth-order valence-corrected chi connectivity index (χ4v) is 3.97. The second-order valence-corrected chi connectivity index (χ2v) is 7.53. The molecule has 0 radical (unpaired) electrons. The Labute approximate surface area is 171 Å². The summed E-state index contributed by atoms with van der Waals surface area (Å²) in [5.41, 5.74) is 1.61. The van der Waals surface area contributed by atoms with Crippen LogP contribution in [0.1, 0.15) is 12.5 Å². The second-order valence-electron chi connectivity index (χ2n) is 6.68. The minimum absolute atomic E-state index is 0.0607. The van der Waals surface area contributed by atoms with Gasteiger partial charge in [-0.15, -0.1) is 0 Å². The number of fused-ring (bicyclic) bond motifs is 1. The van der Waals surface area contributed by atoms with Crippen molar-refractivity contribution in [1.29, 1.82) is 0 Å². The maximum Gasteiger partial charge on any atom is 0.259 e. The average Bonchev–Trinajstić information content (AvgIpc) is 3.16. The number of amides is 2. The summed E-state index contributed by atoms with van der Waals surface area (Å²) in [4.78, 5) is 39.8. The van der Waals surface area contributed by atoms with E-state index in [1.807, 2.05) is 0 Å². The van der Waals surface area contributed by atoms with Crippen molar-refractivity contribution in [1.82, 2.24) is 0 Å². The van der Waals surface area contributed by atoms with Gasteiger partial charge in [-0.25, -0.2) is 4.90 Å². The number of carbonyl (C=O) groups is 3. The first-order chi connectivity index (χ1) is 13.3. The van der Waals surface area contributed by atoms with Crippen LogP contribution in [0.15, 0.2) is 47.6 Å². The number of hydrazone groups is 1. The van der Waals surface area contributed by atoms with Crippen LogP contribution in [0.25, 0.3) is 0 Å². The second kappa shape index (κ2) is 6.72. The highest BCUT2D eigenvalue weighted by molar-refractivity contribution is 6.49. The summed E-state index contributed by atoms with van der Waals surface area (Å²) < 4.78 is 0. The zero-order valence-corrected chi connectivity index (χ0v) is 16.5. The molecule has 0 bridgehead atoms. The third kappa shape index (κ3) is 2.72. The zero-order chi connectivity index (χ0) is 20.2. The van der Waals surface area contributed by atoms with Crippen LogP contribution in [0.3, 0.4) is 0 Å². The number of imide groups is 1. The molecule has 2 aliphatic heterocycles. The molecule has 0 aromatic heterocycles. The van der Waals surface area contributed by atoms with Gasteiger partial charge < -0.3 is 0 Å². The molecule has 0 N–H and O–H groups in total. The van der Waals surface area contributed by atoms with Crippen molar-refractivity contribution < 1.29 is 14.4 Å². The van der Waals surface area contributed by atoms with Crippen LogP contribution in [0, 0.1) is 12.8 Å². The normalized spacial score (nSPS) is 21.2. The number of hydrogen-bond acceptors (Lipinski definition) is 5. The Hall–Kier alpha value is -2.70. The zero-order valence-electron chi connectivity index (χ0n) is 15.0. The molecule has 142 valence electrons. The van der Waals surface area contributed by atoms with Gasteiger partial charge in [0.25, 0.3) is 5.91 Å². The van der Waals surface area contributed by atoms with Crippen molar-refractivity contribution in [2.45, 2.75) is 19.9 Å². The highest BCUT2D eigenvalue weighted by atomic mass is 35.5. The van der Waals surface area contributed by atoms with E-state index in [-0.39, 0.29) is 11.5 Å². The van der Waals surface area contributed by atoms with E-state index in [1.165, 1.54) is 11.9 Å². The Morgan fingerprint density at radius 2 is 1.79 bits per heavy atom. The summed E-state index contributed by atoms with van der Waals surface area (Å²) >= 11 is 12.3. The third-order valence-electron chi connectivity index (χ3n) is 4.96. The standard InChI is InChI=1S/C20H15Cl2N3O3/c1-10-14(22)7-4-8-15(10)24-19(27)16-17(11(2)26)23-25(18(16)20(24)28)13-6-3-5-12(21)9-13/h3-9,16,18H,1-2H3/t16-,18-/m0/s1. The molecule has 0 saturated carbocycles. The number of Topliss-reactive ketones (excluding diaryl/α,β-unsaturated/α-hetero) is 1. The quantitative estimate of drug-likeness (QED) is 0.717. The number of carbonyl (C=O) groups excluding carboxylic acids is 3. The Kier molecular flexibility index (Phi) is 4.48. The monoisotopic (exact) mass is 415 g/mol. The number of anilines is 2. The van der Waals surface area contributed by atoms with Crippen molar-refractivity contribution in [3.8, 4) is 0 Å². The summed E-state index contributed by atoms with van der Waals surface area (Å²) in [6.45, 7) is 3.07. The average molecular weight is 416 g/mol. The van der Waals surface area contributed by atoms with Crippen LogP contribution in [0.5, 0.6) is 0 Å². The summed E-state index contributed by atoms with van der Waals surface area (Å²) in [6, 6.07) is 10.8. The van der Waals surface area contributed by atoms with Gasteiger partial charge in [0.2, 0.25) is 5.91 Å². The molecule has 2 aromatic rings. The van der Waals surface area contributed by atoms with Gasteiger partial charge in [-0.3, -0.25) is 19.4 Å². The predicted molar refractivity (Wildman–Crippen MR) is 108 cm³/mol. The highest BCUT2D eigenvalue weighted by Gasteiger charge is 2.58. The third-order valence-corrected chi connectivity index (χ3v) is 5.61. The Balaban J connectivity index is 1.84. The van der Waals surface area contributed by atoms with Crippen molar-refractivity contribution in [2.24, 2.45) is 11.0 Å². The smallest absolute Gasteiger partial charge is 0.259 e. The lowest BCUT2D eigenvalue weighted by Crippen LogP contribution is -2.39. The molecule has 1 saturated heterocycles. The van der Waals surface area contributed by atoms with Crippen LogP contribution < -0.4 is 9.91 Å². The SMILES string of the molecule is CC(=O)C1=NN(c2cccc(Cl)c2)[C@@H]2C(=O)N(c3cccc(Cl)c3C)C(=O)[C@@H]12. The summed E-state index contributed by atoms with van der Waals surface area (Å²) in [7, 11) is 0. The first kappa shape index (κ1) is 18.7. The Bertz CT molecular complexity index is 1070. The lowest BCUT2D eigenvalue weighted by atomic mass is 9.95. The fraction of sp³-hybridized carbons (Fsp3) is 0.200. The number of rotatable bonds is 3. The molecule has 2 aromatic carbocycles. The highest BCUT2D eigenvalue weighted by Crippen LogP contribution is 2.40. The summed E-state index contributed by atoms with van der Waals surface area (Å²) in [5, 5.41) is 6.61. The van der Waals surface area contributed by atoms with Crippen LogP contribution in [0.4, 0.5) is 11.4 Å². The summed E-state index contributed by atoms with van der Waals surface area (Å²) in [6.07, 6.45) is 0. The van der Waals surface area contributed by atoms with Crippen molar-refractivity contribution >= 4 is 57.9 Å². The lowest BCUT2D eigenvalue weighted by molar-refractivity contribution is -0.122. The molecule has 6 nitrogen and oxygen atoms in total. The summed E-state index contributed by atoms with van der Waals surface area (Å²) in [5.74, 6) is -2.27. The first-order valence-electron chi connectivity index (χ1n) is 8.58. The van der Waals surface area contributed by atoms with Gasteiger partial charge in [0.05, 0.1) is 11.4 Å². The van der Waals surface area contributed by atoms with E-state index in [9.17, 15) is 14.4 Å². The van der Waals surface area contributed by atoms with E-state index in [4.69, 9.17) is 23.2 Å². The first-order valence-corrected chi connectivity index (χ1v) is 9.34. The number of benzene rings is 2. The fourth-order valence-electron chi connectivity index (χ4n) is 3.61. The van der Waals surface area contributed by atoms with Gasteiger partial charge >= 0.3 is 0 Å². The molecular formula is C20H15Cl2N3O3. The topological polar surface area (TPSA) is 70.1 Å².